The fourth-order valence-corrected chi connectivity index (χ4v) is 2.38. The first-order valence-electron chi connectivity index (χ1n) is 5.33. The van der Waals surface area contributed by atoms with Gasteiger partial charge in [0.05, 0.1) is 5.70 Å². The van der Waals surface area contributed by atoms with Crippen LogP contribution < -0.4 is 0 Å². The maximum Gasteiger partial charge on any atom is 0.179 e. The second kappa shape index (κ2) is 3.52. The van der Waals surface area contributed by atoms with E-state index in [-0.39, 0.29) is 0 Å². The Bertz CT molecular complexity index is 249. The van der Waals surface area contributed by atoms with Crippen molar-refractivity contribution in [3.8, 4) is 0 Å². The summed E-state index contributed by atoms with van der Waals surface area (Å²) in [5.41, 5.74) is 2.48. The Kier molecular flexibility index (Phi) is 2.38. The summed E-state index contributed by atoms with van der Waals surface area (Å²) in [6.45, 7) is 4.36. The fourth-order valence-electron chi connectivity index (χ4n) is 2.38. The van der Waals surface area contributed by atoms with Gasteiger partial charge in [-0.25, -0.2) is 0 Å². The van der Waals surface area contributed by atoms with Crippen molar-refractivity contribution in [2.24, 2.45) is 0 Å². The van der Waals surface area contributed by atoms with Crippen molar-refractivity contribution in [3.63, 3.8) is 0 Å². The average molecular weight is 179 g/mol. The van der Waals surface area contributed by atoms with E-state index >= 15 is 0 Å². The molecule has 0 N–H and O–H groups in total. The number of hydrogen-bond donors (Lipinski definition) is 0. The molecule has 0 unspecified atom stereocenters. The van der Waals surface area contributed by atoms with Crippen LogP contribution in [0.5, 0.6) is 0 Å². The Balaban J connectivity index is 2.21. The molecule has 2 aliphatic rings. The molecule has 0 bridgehead atoms. The highest BCUT2D eigenvalue weighted by molar-refractivity contribution is 5.98. The molecule has 0 aromatic rings. The van der Waals surface area contributed by atoms with Crippen molar-refractivity contribution in [1.82, 2.24) is 4.90 Å². The largest absolute Gasteiger partial charge is 0.369 e. The molecule has 0 aromatic carbocycles. The predicted octanol–water partition coefficient (Wildman–Crippen LogP) is 2.11. The second-order valence-electron chi connectivity index (χ2n) is 3.92. The molecule has 0 radical (unpaired) electrons. The van der Waals surface area contributed by atoms with Crippen molar-refractivity contribution in [3.05, 3.63) is 11.3 Å². The summed E-state index contributed by atoms with van der Waals surface area (Å²) >= 11 is 0. The molecule has 0 aromatic heterocycles. The molecule has 72 valence electrons. The third-order valence-electron chi connectivity index (χ3n) is 3.10. The predicted molar refractivity (Wildman–Crippen MR) is 52.4 cm³/mol. The van der Waals surface area contributed by atoms with Crippen LogP contribution in [0.3, 0.4) is 0 Å². The lowest BCUT2D eigenvalue weighted by Crippen LogP contribution is -2.23. The zero-order valence-electron chi connectivity index (χ0n) is 8.31. The lowest BCUT2D eigenvalue weighted by molar-refractivity contribution is -0.116. The Morgan fingerprint density at radius 2 is 1.92 bits per heavy atom. The monoisotopic (exact) mass is 179 g/mol. The molecule has 0 atom stereocenters. The molecule has 0 amide bonds. The Morgan fingerprint density at radius 1 is 1.23 bits per heavy atom. The quantitative estimate of drug-likeness (QED) is 0.647. The van der Waals surface area contributed by atoms with Crippen LogP contribution in [0, 0.1) is 0 Å². The van der Waals surface area contributed by atoms with Crippen molar-refractivity contribution in [1.29, 1.82) is 0 Å². The van der Waals surface area contributed by atoms with E-state index in [9.17, 15) is 4.79 Å². The standard InChI is InChI=1S/C11H17NO/c1-2-9-5-6-10(13)11(9)12-7-3-4-8-12/h2-8H2,1H3. The Morgan fingerprint density at radius 3 is 2.54 bits per heavy atom. The number of likely N-dealkylation sites (tertiary alicyclic amines) is 1. The summed E-state index contributed by atoms with van der Waals surface area (Å²) in [4.78, 5) is 13.9. The molecule has 13 heavy (non-hydrogen) atoms. The van der Waals surface area contributed by atoms with Gasteiger partial charge in [0.25, 0.3) is 0 Å². The van der Waals surface area contributed by atoms with Crippen LogP contribution >= 0.6 is 0 Å². The van der Waals surface area contributed by atoms with Gasteiger partial charge in [0.1, 0.15) is 0 Å². The first kappa shape index (κ1) is 8.79. The molecule has 2 heteroatoms. The lowest BCUT2D eigenvalue weighted by Gasteiger charge is -2.19. The van der Waals surface area contributed by atoms with Crippen LogP contribution in [0.1, 0.15) is 39.0 Å². The highest BCUT2D eigenvalue weighted by Crippen LogP contribution is 2.30. The summed E-state index contributed by atoms with van der Waals surface area (Å²) in [5.74, 6) is 0.388. The van der Waals surface area contributed by atoms with E-state index in [1.54, 1.807) is 0 Å². The van der Waals surface area contributed by atoms with Crippen molar-refractivity contribution in [2.45, 2.75) is 39.0 Å². The van der Waals surface area contributed by atoms with Gasteiger partial charge in [0.15, 0.2) is 5.78 Å². The summed E-state index contributed by atoms with van der Waals surface area (Å²) in [6, 6.07) is 0. The van der Waals surface area contributed by atoms with Crippen molar-refractivity contribution >= 4 is 5.78 Å². The van der Waals surface area contributed by atoms with Crippen LogP contribution in [-0.2, 0) is 4.79 Å². The Hall–Kier alpha value is -0.790. The maximum atomic E-state index is 11.6. The maximum absolute atomic E-state index is 11.6. The first-order chi connectivity index (χ1) is 6.33. The third kappa shape index (κ3) is 1.50. The Labute approximate surface area is 79.6 Å². The van der Waals surface area contributed by atoms with Gasteiger partial charge >= 0.3 is 0 Å². The van der Waals surface area contributed by atoms with Gasteiger partial charge in [0, 0.05) is 19.5 Å². The molecular weight excluding hydrogens is 162 g/mol. The van der Waals surface area contributed by atoms with E-state index < -0.39 is 0 Å². The topological polar surface area (TPSA) is 20.3 Å². The number of allylic oxidation sites excluding steroid dienone is 2. The van der Waals surface area contributed by atoms with Crippen LogP contribution in [-0.4, -0.2) is 23.8 Å². The molecule has 2 rings (SSSR count). The molecule has 1 aliphatic heterocycles. The summed E-state index contributed by atoms with van der Waals surface area (Å²) < 4.78 is 0. The normalized spacial score (nSPS) is 23.5. The summed E-state index contributed by atoms with van der Waals surface area (Å²) in [7, 11) is 0. The molecule has 1 fully saturated rings. The SMILES string of the molecule is CCC1=C(N2CCCC2)C(=O)CC1. The number of rotatable bonds is 2. The average Bonchev–Trinajstić information content (AvgIpc) is 2.72. The summed E-state index contributed by atoms with van der Waals surface area (Å²) in [6.07, 6.45) is 5.34. The minimum absolute atomic E-state index is 0.388. The molecular formula is C11H17NO. The fraction of sp³-hybridized carbons (Fsp3) is 0.727. The number of hydrogen-bond acceptors (Lipinski definition) is 2. The number of nitrogens with zero attached hydrogens (tertiary/aromatic N) is 1. The number of carbonyl (C=O) groups excluding carboxylic acids is 1. The van der Waals surface area contributed by atoms with Gasteiger partial charge in [-0.1, -0.05) is 6.92 Å². The van der Waals surface area contributed by atoms with Crippen LogP contribution in [0.2, 0.25) is 0 Å². The van der Waals surface area contributed by atoms with E-state index in [0.29, 0.717) is 5.78 Å². The molecule has 2 nitrogen and oxygen atoms in total. The van der Waals surface area contributed by atoms with Gasteiger partial charge < -0.3 is 4.90 Å². The van der Waals surface area contributed by atoms with Crippen LogP contribution in [0.4, 0.5) is 0 Å². The number of ketones is 1. The number of carbonyl (C=O) groups is 1. The van der Waals surface area contributed by atoms with Gasteiger partial charge in [-0.15, -0.1) is 0 Å². The van der Waals surface area contributed by atoms with E-state index in [4.69, 9.17) is 0 Å². The van der Waals surface area contributed by atoms with E-state index in [1.807, 2.05) is 0 Å². The molecule has 0 spiro atoms. The van der Waals surface area contributed by atoms with E-state index in [2.05, 4.69) is 11.8 Å². The van der Waals surface area contributed by atoms with E-state index in [0.717, 1.165) is 38.0 Å². The first-order valence-corrected chi connectivity index (χ1v) is 5.33. The van der Waals surface area contributed by atoms with Gasteiger partial charge in [0.2, 0.25) is 0 Å². The van der Waals surface area contributed by atoms with Crippen molar-refractivity contribution < 1.29 is 4.79 Å². The minimum atomic E-state index is 0.388. The number of Topliss-reactive ketones (excluding diaryl/α,β-unsaturated/α-hetero) is 1. The molecule has 1 aliphatic carbocycles. The zero-order valence-corrected chi connectivity index (χ0v) is 8.31. The zero-order chi connectivity index (χ0) is 9.26. The smallest absolute Gasteiger partial charge is 0.179 e. The molecule has 1 saturated heterocycles. The van der Waals surface area contributed by atoms with Crippen LogP contribution in [0.15, 0.2) is 11.3 Å². The van der Waals surface area contributed by atoms with Crippen molar-refractivity contribution in [2.75, 3.05) is 13.1 Å². The van der Waals surface area contributed by atoms with Gasteiger partial charge in [-0.3, -0.25) is 4.79 Å². The van der Waals surface area contributed by atoms with Gasteiger partial charge in [-0.05, 0) is 31.3 Å². The van der Waals surface area contributed by atoms with E-state index in [1.165, 1.54) is 18.4 Å². The highest BCUT2D eigenvalue weighted by atomic mass is 16.1. The lowest BCUT2D eigenvalue weighted by atomic mass is 10.1. The second-order valence-corrected chi connectivity index (χ2v) is 3.92. The minimum Gasteiger partial charge on any atom is -0.369 e. The van der Waals surface area contributed by atoms with Crippen LogP contribution in [0.25, 0.3) is 0 Å². The van der Waals surface area contributed by atoms with Gasteiger partial charge in [-0.2, -0.15) is 0 Å². The highest BCUT2D eigenvalue weighted by Gasteiger charge is 2.27. The summed E-state index contributed by atoms with van der Waals surface area (Å²) in [5, 5.41) is 0. The third-order valence-corrected chi connectivity index (χ3v) is 3.10. The molecule has 0 saturated carbocycles. The molecule has 1 heterocycles.